The molecule has 1 aliphatic rings. The lowest BCUT2D eigenvalue weighted by Gasteiger charge is -2.39. The number of methoxy groups -OCH3 is 1. The van der Waals surface area contributed by atoms with Crippen LogP contribution in [0.3, 0.4) is 0 Å². The van der Waals surface area contributed by atoms with Crippen molar-refractivity contribution in [2.45, 2.75) is 58.5 Å². The third-order valence-corrected chi connectivity index (χ3v) is 3.93. The molecule has 1 aliphatic heterocycles. The molecule has 0 aromatic carbocycles. The number of rotatable bonds is 7. The van der Waals surface area contributed by atoms with E-state index in [2.05, 4.69) is 14.8 Å². The molecule has 26 heavy (non-hydrogen) atoms. The van der Waals surface area contributed by atoms with Crippen LogP contribution in [0.1, 0.15) is 34.1 Å². The van der Waals surface area contributed by atoms with Crippen LogP contribution in [0.15, 0.2) is 16.9 Å². The number of ether oxygens (including phenoxy) is 4. The van der Waals surface area contributed by atoms with Crippen LogP contribution in [-0.2, 0) is 33.3 Å². The molecule has 0 aliphatic carbocycles. The molecule has 1 rings (SSSR count). The fourth-order valence-electron chi connectivity index (χ4n) is 2.72. The number of esters is 3. The summed E-state index contributed by atoms with van der Waals surface area (Å²) in [6.45, 7) is 5.91. The van der Waals surface area contributed by atoms with E-state index in [0.717, 1.165) is 0 Å². The van der Waals surface area contributed by atoms with Crippen LogP contribution in [0.2, 0.25) is 0 Å². The van der Waals surface area contributed by atoms with Gasteiger partial charge >= 0.3 is 17.9 Å². The first-order valence-electron chi connectivity index (χ1n) is 8.10. The lowest BCUT2D eigenvalue weighted by atomic mass is 9.87. The number of carbonyl (C=O) groups is 3. The molecule has 0 spiro atoms. The van der Waals surface area contributed by atoms with Crippen molar-refractivity contribution in [1.29, 1.82) is 0 Å². The average molecular weight is 369 g/mol. The van der Waals surface area contributed by atoms with Crippen molar-refractivity contribution in [2.24, 2.45) is 11.0 Å². The molecule has 0 fully saturated rings. The third-order valence-electron chi connectivity index (χ3n) is 3.93. The Balaban J connectivity index is 3.30. The highest BCUT2D eigenvalue weighted by Crippen LogP contribution is 2.32. The van der Waals surface area contributed by atoms with Crippen LogP contribution in [0.5, 0.6) is 0 Å². The van der Waals surface area contributed by atoms with Gasteiger partial charge in [-0.25, -0.2) is 4.79 Å². The van der Waals surface area contributed by atoms with E-state index in [-0.39, 0.29) is 5.76 Å². The molecule has 144 valence electrons. The summed E-state index contributed by atoms with van der Waals surface area (Å²) < 4.78 is 20.9. The zero-order chi connectivity index (χ0) is 19.9. The summed E-state index contributed by atoms with van der Waals surface area (Å²) in [5.41, 5.74) is 8.78. The summed E-state index contributed by atoms with van der Waals surface area (Å²) in [6, 6.07) is -0.735. The highest BCUT2D eigenvalue weighted by molar-refractivity contribution is 5.86. The monoisotopic (exact) mass is 369 g/mol. The zero-order valence-electron chi connectivity index (χ0n) is 15.4. The van der Waals surface area contributed by atoms with E-state index in [0.29, 0.717) is 6.42 Å². The van der Waals surface area contributed by atoms with Crippen LogP contribution >= 0.6 is 0 Å². The molecule has 10 heteroatoms. The SMILES string of the molecule is CC[C@@H](OC(C)=O)C(OC(C)=O)C1OC(C(=O)OC)=CC(N=[N+]=[N-])C1C. The molecular formula is C16H23N3O7. The summed E-state index contributed by atoms with van der Waals surface area (Å²) in [7, 11) is 1.18. The highest BCUT2D eigenvalue weighted by Gasteiger charge is 2.44. The van der Waals surface area contributed by atoms with Crippen molar-refractivity contribution in [3.8, 4) is 0 Å². The number of carbonyl (C=O) groups excluding carboxylic acids is 3. The minimum atomic E-state index is -0.999. The van der Waals surface area contributed by atoms with E-state index in [1.807, 2.05) is 0 Å². The van der Waals surface area contributed by atoms with Crippen LogP contribution in [0.25, 0.3) is 10.4 Å². The maximum atomic E-state index is 11.9. The van der Waals surface area contributed by atoms with Crippen LogP contribution < -0.4 is 0 Å². The minimum Gasteiger partial charge on any atom is -0.479 e. The Morgan fingerprint density at radius 1 is 1.31 bits per heavy atom. The van der Waals surface area contributed by atoms with Gasteiger partial charge in [-0.2, -0.15) is 0 Å². The molecule has 0 saturated carbocycles. The predicted molar refractivity (Wildman–Crippen MR) is 88.5 cm³/mol. The quantitative estimate of drug-likeness (QED) is 0.220. The highest BCUT2D eigenvalue weighted by atomic mass is 16.6. The van der Waals surface area contributed by atoms with Gasteiger partial charge in [-0.1, -0.05) is 19.0 Å². The molecule has 4 unspecified atom stereocenters. The van der Waals surface area contributed by atoms with Crippen molar-refractivity contribution in [3.63, 3.8) is 0 Å². The standard InChI is InChI=1S/C16H23N3O7/c1-6-12(24-9(3)20)15(25-10(4)21)14-8(2)11(18-19-17)7-13(26-14)16(22)23-5/h7-8,11-12,14-15H,6H2,1-5H3/t8?,11?,12-,14?,15?/m1/s1. The van der Waals surface area contributed by atoms with Crippen molar-refractivity contribution >= 4 is 17.9 Å². The maximum absolute atomic E-state index is 11.9. The molecule has 0 aromatic heterocycles. The van der Waals surface area contributed by atoms with Crippen molar-refractivity contribution in [1.82, 2.24) is 0 Å². The van der Waals surface area contributed by atoms with Gasteiger partial charge in [-0.3, -0.25) is 9.59 Å². The topological polar surface area (TPSA) is 137 Å². The molecule has 1 heterocycles. The van der Waals surface area contributed by atoms with Gasteiger partial charge in [0.2, 0.25) is 5.76 Å². The Kier molecular flexibility index (Phi) is 7.92. The molecule has 0 radical (unpaired) electrons. The van der Waals surface area contributed by atoms with Crippen LogP contribution in [0.4, 0.5) is 0 Å². The first-order chi connectivity index (χ1) is 12.2. The average Bonchev–Trinajstić information content (AvgIpc) is 2.58. The van der Waals surface area contributed by atoms with E-state index in [1.165, 1.54) is 27.0 Å². The zero-order valence-corrected chi connectivity index (χ0v) is 15.4. The van der Waals surface area contributed by atoms with Crippen molar-refractivity contribution < 1.29 is 33.3 Å². The summed E-state index contributed by atoms with van der Waals surface area (Å²) in [5, 5.41) is 3.66. The number of hydrogen-bond acceptors (Lipinski definition) is 8. The lowest BCUT2D eigenvalue weighted by Crippen LogP contribution is -2.51. The summed E-state index contributed by atoms with van der Waals surface area (Å²) >= 11 is 0. The molecule has 10 nitrogen and oxygen atoms in total. The molecule has 0 amide bonds. The molecule has 0 aromatic rings. The van der Waals surface area contributed by atoms with E-state index in [4.69, 9.17) is 19.7 Å². The van der Waals surface area contributed by atoms with Crippen molar-refractivity contribution in [2.75, 3.05) is 7.11 Å². The van der Waals surface area contributed by atoms with E-state index >= 15 is 0 Å². The Morgan fingerprint density at radius 2 is 1.92 bits per heavy atom. The van der Waals surface area contributed by atoms with Gasteiger partial charge in [0.1, 0.15) is 12.2 Å². The Morgan fingerprint density at radius 3 is 2.38 bits per heavy atom. The van der Waals surface area contributed by atoms with Gasteiger partial charge in [0, 0.05) is 24.7 Å². The van der Waals surface area contributed by atoms with Gasteiger partial charge in [0.25, 0.3) is 0 Å². The van der Waals surface area contributed by atoms with Gasteiger partial charge in [-0.15, -0.1) is 0 Å². The second kappa shape index (κ2) is 9.67. The van der Waals surface area contributed by atoms with Gasteiger partial charge in [0.15, 0.2) is 6.10 Å². The second-order valence-corrected chi connectivity index (χ2v) is 5.79. The maximum Gasteiger partial charge on any atom is 0.372 e. The van der Waals surface area contributed by atoms with E-state index in [9.17, 15) is 14.4 Å². The summed E-state index contributed by atoms with van der Waals surface area (Å²) in [6.07, 6.45) is -0.996. The Hall–Kier alpha value is -2.74. The van der Waals surface area contributed by atoms with Gasteiger partial charge in [0.05, 0.1) is 13.2 Å². The fourth-order valence-corrected chi connectivity index (χ4v) is 2.72. The summed E-state index contributed by atoms with van der Waals surface area (Å²) in [4.78, 5) is 37.6. The van der Waals surface area contributed by atoms with Crippen LogP contribution in [-0.4, -0.2) is 49.4 Å². The molecule has 0 N–H and O–H groups in total. The molecule has 0 bridgehead atoms. The lowest BCUT2D eigenvalue weighted by molar-refractivity contribution is -0.183. The van der Waals surface area contributed by atoms with Crippen molar-refractivity contribution in [3.05, 3.63) is 22.3 Å². The molecule has 0 saturated heterocycles. The second-order valence-electron chi connectivity index (χ2n) is 5.79. The van der Waals surface area contributed by atoms with Gasteiger partial charge < -0.3 is 18.9 Å². The first kappa shape index (κ1) is 21.3. The number of hydrogen-bond donors (Lipinski definition) is 0. The molecule has 5 atom stereocenters. The fraction of sp³-hybridized carbons (Fsp3) is 0.688. The minimum absolute atomic E-state index is 0.164. The summed E-state index contributed by atoms with van der Waals surface area (Å²) in [5.74, 6) is -2.54. The number of azide groups is 1. The Bertz CT molecular complexity index is 627. The smallest absolute Gasteiger partial charge is 0.372 e. The van der Waals surface area contributed by atoms with Crippen LogP contribution in [0, 0.1) is 5.92 Å². The predicted octanol–water partition coefficient (Wildman–Crippen LogP) is 2.03. The van der Waals surface area contributed by atoms with E-state index in [1.54, 1.807) is 13.8 Å². The molecular weight excluding hydrogens is 346 g/mol. The first-order valence-corrected chi connectivity index (χ1v) is 8.10. The Labute approximate surface area is 151 Å². The van der Waals surface area contributed by atoms with Gasteiger partial charge in [-0.05, 0) is 18.0 Å². The number of nitrogens with zero attached hydrogens (tertiary/aromatic N) is 3. The normalized spacial score (nSPS) is 24.0. The van der Waals surface area contributed by atoms with E-state index < -0.39 is 48.2 Å². The largest absolute Gasteiger partial charge is 0.479 e. The third kappa shape index (κ3) is 5.38.